The maximum absolute atomic E-state index is 12.0. The fourth-order valence-corrected chi connectivity index (χ4v) is 1.40. The molecule has 0 aliphatic rings. The van der Waals surface area contributed by atoms with Crippen molar-refractivity contribution in [2.45, 2.75) is 6.42 Å². The van der Waals surface area contributed by atoms with Crippen LogP contribution < -0.4 is 5.32 Å². The van der Waals surface area contributed by atoms with Gasteiger partial charge >= 0.3 is 5.97 Å². The van der Waals surface area contributed by atoms with Gasteiger partial charge in [0.1, 0.15) is 5.69 Å². The van der Waals surface area contributed by atoms with Crippen molar-refractivity contribution in [2.24, 2.45) is 0 Å². The Kier molecular flexibility index (Phi) is 4.99. The summed E-state index contributed by atoms with van der Waals surface area (Å²) in [5.74, 6) is -1.71. The van der Waals surface area contributed by atoms with E-state index in [1.54, 1.807) is 7.05 Å². The lowest BCUT2D eigenvalue weighted by Crippen LogP contribution is -2.31. The maximum Gasteiger partial charge on any atom is 0.354 e. The van der Waals surface area contributed by atoms with E-state index in [-0.39, 0.29) is 36.0 Å². The van der Waals surface area contributed by atoms with E-state index in [4.69, 9.17) is 5.11 Å². The average Bonchev–Trinajstić information content (AvgIpc) is 2.43. The number of aromatic carboxylic acids is 1. The lowest BCUT2D eigenvalue weighted by molar-refractivity contribution is -0.120. The van der Waals surface area contributed by atoms with Gasteiger partial charge in [0, 0.05) is 38.8 Å². The molecule has 2 N–H and O–H groups in total. The molecule has 0 aliphatic heterocycles. The molecule has 0 saturated carbocycles. The van der Waals surface area contributed by atoms with Gasteiger partial charge in [-0.1, -0.05) is 0 Å². The van der Waals surface area contributed by atoms with E-state index in [1.807, 2.05) is 0 Å². The van der Waals surface area contributed by atoms with Crippen LogP contribution in [0.2, 0.25) is 0 Å². The molecule has 0 saturated heterocycles. The molecule has 102 valence electrons. The minimum atomic E-state index is -1.19. The predicted octanol–water partition coefficient (Wildman–Crippen LogP) is -0.0121. The number of carbonyl (C=O) groups excluding carboxylic acids is 2. The summed E-state index contributed by atoms with van der Waals surface area (Å²) < 4.78 is 0. The largest absolute Gasteiger partial charge is 0.477 e. The number of hydrogen-bond acceptors (Lipinski definition) is 4. The highest BCUT2D eigenvalue weighted by molar-refractivity contribution is 5.96. The molecule has 19 heavy (non-hydrogen) atoms. The number of amides is 2. The Bertz CT molecular complexity index is 502. The number of carboxylic acids is 1. The van der Waals surface area contributed by atoms with Crippen molar-refractivity contribution in [3.63, 3.8) is 0 Å². The number of aromatic nitrogens is 1. The minimum Gasteiger partial charge on any atom is -0.477 e. The molecule has 0 aliphatic carbocycles. The Hall–Kier alpha value is -2.44. The lowest BCUT2D eigenvalue weighted by Gasteiger charge is -2.16. The molecule has 0 bridgehead atoms. The van der Waals surface area contributed by atoms with Crippen LogP contribution in [0.4, 0.5) is 0 Å². The van der Waals surface area contributed by atoms with Crippen molar-refractivity contribution in [1.82, 2.24) is 15.2 Å². The first-order valence-electron chi connectivity index (χ1n) is 5.61. The third-order valence-corrected chi connectivity index (χ3v) is 2.53. The molecular weight excluding hydrogens is 250 g/mol. The van der Waals surface area contributed by atoms with E-state index < -0.39 is 5.97 Å². The SMILES string of the molecule is CNC(=O)CCN(C)C(=O)c1ccnc(C(=O)O)c1. The normalized spacial score (nSPS) is 9.79. The van der Waals surface area contributed by atoms with Crippen LogP contribution in [0.1, 0.15) is 27.3 Å². The summed E-state index contributed by atoms with van der Waals surface area (Å²) >= 11 is 0. The first-order valence-corrected chi connectivity index (χ1v) is 5.61. The number of pyridine rings is 1. The summed E-state index contributed by atoms with van der Waals surface area (Å²) in [4.78, 5) is 38.8. The predicted molar refractivity (Wildman–Crippen MR) is 66.8 cm³/mol. The number of carbonyl (C=O) groups is 3. The van der Waals surface area contributed by atoms with Gasteiger partial charge in [0.2, 0.25) is 5.91 Å². The zero-order chi connectivity index (χ0) is 14.4. The van der Waals surface area contributed by atoms with Crippen molar-refractivity contribution in [3.05, 3.63) is 29.6 Å². The summed E-state index contributed by atoms with van der Waals surface area (Å²) in [5.41, 5.74) is 0.0392. The van der Waals surface area contributed by atoms with Crippen LogP contribution in [0.25, 0.3) is 0 Å². The van der Waals surface area contributed by atoms with Gasteiger partial charge in [0.05, 0.1) is 0 Å². The molecule has 1 rings (SSSR count). The van der Waals surface area contributed by atoms with Crippen LogP contribution in [-0.2, 0) is 4.79 Å². The Morgan fingerprint density at radius 3 is 2.68 bits per heavy atom. The molecule has 1 aromatic heterocycles. The van der Waals surface area contributed by atoms with Crippen LogP contribution in [0.3, 0.4) is 0 Å². The second-order valence-electron chi connectivity index (χ2n) is 3.88. The number of rotatable bonds is 5. The van der Waals surface area contributed by atoms with E-state index in [0.29, 0.717) is 0 Å². The molecule has 0 fully saturated rings. The summed E-state index contributed by atoms with van der Waals surface area (Å²) in [7, 11) is 3.07. The molecule has 0 spiro atoms. The van der Waals surface area contributed by atoms with Crippen LogP contribution >= 0.6 is 0 Å². The Morgan fingerprint density at radius 1 is 1.42 bits per heavy atom. The summed E-state index contributed by atoms with van der Waals surface area (Å²) in [6, 6.07) is 2.65. The average molecular weight is 265 g/mol. The monoisotopic (exact) mass is 265 g/mol. The Morgan fingerprint density at radius 2 is 2.11 bits per heavy atom. The van der Waals surface area contributed by atoms with Crippen LogP contribution in [0.5, 0.6) is 0 Å². The number of hydrogen-bond donors (Lipinski definition) is 2. The second kappa shape index (κ2) is 6.48. The summed E-state index contributed by atoms with van der Waals surface area (Å²) in [6.07, 6.45) is 1.46. The van der Waals surface area contributed by atoms with Gasteiger partial charge in [-0.05, 0) is 12.1 Å². The Labute approximate surface area is 110 Å². The highest BCUT2D eigenvalue weighted by Crippen LogP contribution is 2.06. The third-order valence-electron chi connectivity index (χ3n) is 2.53. The van der Waals surface area contributed by atoms with Crippen molar-refractivity contribution >= 4 is 17.8 Å². The number of nitrogens with one attached hydrogen (secondary N) is 1. The van der Waals surface area contributed by atoms with Gasteiger partial charge in [-0.3, -0.25) is 9.59 Å². The molecule has 2 amide bonds. The van der Waals surface area contributed by atoms with E-state index >= 15 is 0 Å². The third kappa shape index (κ3) is 4.06. The lowest BCUT2D eigenvalue weighted by atomic mass is 10.2. The van der Waals surface area contributed by atoms with Gasteiger partial charge in [-0.25, -0.2) is 9.78 Å². The quantitative estimate of drug-likeness (QED) is 0.780. The van der Waals surface area contributed by atoms with E-state index in [1.165, 1.54) is 30.3 Å². The molecule has 7 heteroatoms. The fourth-order valence-electron chi connectivity index (χ4n) is 1.40. The zero-order valence-corrected chi connectivity index (χ0v) is 10.7. The van der Waals surface area contributed by atoms with E-state index in [2.05, 4.69) is 10.3 Å². The van der Waals surface area contributed by atoms with Crippen molar-refractivity contribution < 1.29 is 19.5 Å². The van der Waals surface area contributed by atoms with Crippen LogP contribution in [-0.4, -0.2) is 53.4 Å². The molecule has 7 nitrogen and oxygen atoms in total. The molecule has 0 radical (unpaired) electrons. The van der Waals surface area contributed by atoms with Gasteiger partial charge in [-0.15, -0.1) is 0 Å². The molecule has 0 unspecified atom stereocenters. The Balaban J connectivity index is 2.74. The molecule has 0 atom stereocenters. The number of carboxylic acid groups (broad SMARTS) is 1. The van der Waals surface area contributed by atoms with Crippen molar-refractivity contribution in [2.75, 3.05) is 20.6 Å². The highest BCUT2D eigenvalue weighted by atomic mass is 16.4. The van der Waals surface area contributed by atoms with Gasteiger partial charge < -0.3 is 15.3 Å². The zero-order valence-electron chi connectivity index (χ0n) is 10.7. The smallest absolute Gasteiger partial charge is 0.354 e. The highest BCUT2D eigenvalue weighted by Gasteiger charge is 2.15. The summed E-state index contributed by atoms with van der Waals surface area (Å²) in [6.45, 7) is 0.253. The fraction of sp³-hybridized carbons (Fsp3) is 0.333. The first-order chi connectivity index (χ1) is 8.95. The molecule has 1 heterocycles. The van der Waals surface area contributed by atoms with Gasteiger partial charge in [-0.2, -0.15) is 0 Å². The minimum absolute atomic E-state index is 0.166. The molecular formula is C12H15N3O4. The van der Waals surface area contributed by atoms with Crippen LogP contribution in [0.15, 0.2) is 18.3 Å². The number of nitrogens with zero attached hydrogens (tertiary/aromatic N) is 2. The first kappa shape index (κ1) is 14.6. The molecule has 1 aromatic rings. The van der Waals surface area contributed by atoms with Crippen LogP contribution in [0, 0.1) is 0 Å². The van der Waals surface area contributed by atoms with Crippen molar-refractivity contribution in [3.8, 4) is 0 Å². The van der Waals surface area contributed by atoms with Gasteiger partial charge in [0.25, 0.3) is 5.91 Å². The summed E-state index contributed by atoms with van der Waals surface area (Å²) in [5, 5.41) is 11.3. The maximum atomic E-state index is 12.0. The second-order valence-corrected chi connectivity index (χ2v) is 3.88. The standard InChI is InChI=1S/C12H15N3O4/c1-13-10(16)4-6-15(2)11(17)8-3-5-14-9(7-8)12(18)19/h3,5,7H,4,6H2,1-2H3,(H,13,16)(H,18,19). The van der Waals surface area contributed by atoms with E-state index in [0.717, 1.165) is 0 Å². The van der Waals surface area contributed by atoms with E-state index in [9.17, 15) is 14.4 Å². The topological polar surface area (TPSA) is 99.6 Å². The van der Waals surface area contributed by atoms with Crippen molar-refractivity contribution in [1.29, 1.82) is 0 Å². The van der Waals surface area contributed by atoms with Gasteiger partial charge in [0.15, 0.2) is 0 Å². The molecule has 0 aromatic carbocycles.